The quantitative estimate of drug-likeness (QED) is 0.606. The van der Waals surface area contributed by atoms with Crippen molar-refractivity contribution in [2.75, 3.05) is 44.7 Å². The second kappa shape index (κ2) is 10.2. The van der Waals surface area contributed by atoms with Gasteiger partial charge in [-0.25, -0.2) is 4.98 Å². The molecular weight excluding hydrogens is 428 g/mol. The van der Waals surface area contributed by atoms with Gasteiger partial charge in [-0.2, -0.15) is 5.10 Å². The van der Waals surface area contributed by atoms with Crippen LogP contribution >= 0.6 is 0 Å². The third-order valence-corrected chi connectivity index (χ3v) is 7.14. The minimum Gasteiger partial charge on any atom is -0.379 e. The van der Waals surface area contributed by atoms with Gasteiger partial charge < -0.3 is 10.1 Å². The van der Waals surface area contributed by atoms with E-state index in [0.717, 1.165) is 49.1 Å². The van der Waals surface area contributed by atoms with Gasteiger partial charge in [-0.3, -0.25) is 19.3 Å². The number of benzene rings is 1. The number of rotatable bonds is 6. The van der Waals surface area contributed by atoms with Crippen LogP contribution in [0.15, 0.2) is 36.7 Å². The second-order valence-electron chi connectivity index (χ2n) is 9.41. The average molecular weight is 463 g/mol. The van der Waals surface area contributed by atoms with Crippen LogP contribution < -0.4 is 5.32 Å². The summed E-state index contributed by atoms with van der Waals surface area (Å²) < 4.78 is 7.40. The van der Waals surface area contributed by atoms with E-state index >= 15 is 0 Å². The number of hydrogen-bond donors (Lipinski definition) is 1. The molecule has 2 fully saturated rings. The van der Waals surface area contributed by atoms with Crippen LogP contribution in [0.25, 0.3) is 21.9 Å². The molecule has 8 heteroatoms. The predicted octanol–water partition coefficient (Wildman–Crippen LogP) is 3.28. The molecule has 4 heterocycles. The Morgan fingerprint density at radius 3 is 2.65 bits per heavy atom. The Hall–Kier alpha value is -2.81. The van der Waals surface area contributed by atoms with Crippen molar-refractivity contribution < 1.29 is 9.53 Å². The number of piperidine rings is 1. The summed E-state index contributed by atoms with van der Waals surface area (Å²) in [5, 5.41) is 9.67. The third kappa shape index (κ3) is 4.99. The molecule has 0 saturated carbocycles. The van der Waals surface area contributed by atoms with Crippen LogP contribution in [-0.2, 0) is 23.1 Å². The third-order valence-electron chi connectivity index (χ3n) is 7.14. The van der Waals surface area contributed by atoms with Gasteiger partial charge in [0, 0.05) is 43.8 Å². The van der Waals surface area contributed by atoms with Gasteiger partial charge in [-0.1, -0.05) is 18.6 Å². The van der Waals surface area contributed by atoms with E-state index in [9.17, 15) is 4.79 Å². The number of amides is 1. The van der Waals surface area contributed by atoms with Crippen molar-refractivity contribution >= 4 is 22.5 Å². The average Bonchev–Trinajstić information content (AvgIpc) is 3.24. The maximum atomic E-state index is 12.8. The standard InChI is InChI=1S/C26H34N6O2/c1-19(32-10-12-34-13-11-32)26(33)29-25-15-22-14-20(6-7-21(22)16-27-25)23-17-28-30(2)24(23)18-31-8-4-3-5-9-31/h6-7,14-17,19H,3-5,8-13,18H2,1-2H3,(H,27,29,33)/t19-/m0/s1. The van der Waals surface area contributed by atoms with Crippen molar-refractivity contribution in [1.82, 2.24) is 24.6 Å². The molecule has 0 bridgehead atoms. The van der Waals surface area contributed by atoms with E-state index in [0.29, 0.717) is 19.0 Å². The highest BCUT2D eigenvalue weighted by Gasteiger charge is 2.23. The van der Waals surface area contributed by atoms with Gasteiger partial charge in [0.25, 0.3) is 0 Å². The lowest BCUT2D eigenvalue weighted by Crippen LogP contribution is -2.47. The lowest BCUT2D eigenvalue weighted by atomic mass is 10.0. The molecular formula is C26H34N6O2. The number of carbonyl (C=O) groups is 1. The lowest BCUT2D eigenvalue weighted by Gasteiger charge is -2.31. The number of aromatic nitrogens is 3. The summed E-state index contributed by atoms with van der Waals surface area (Å²) in [6.07, 6.45) is 7.67. The molecule has 180 valence electrons. The molecule has 2 aliphatic rings. The van der Waals surface area contributed by atoms with Gasteiger partial charge in [0.1, 0.15) is 5.82 Å². The van der Waals surface area contributed by atoms with Gasteiger partial charge in [0.2, 0.25) is 5.91 Å². The highest BCUT2D eigenvalue weighted by Crippen LogP contribution is 2.29. The minimum absolute atomic E-state index is 0.0408. The maximum absolute atomic E-state index is 12.8. The number of hydrogen-bond acceptors (Lipinski definition) is 6. The van der Waals surface area contributed by atoms with Crippen LogP contribution in [0.4, 0.5) is 5.82 Å². The number of morpholine rings is 1. The van der Waals surface area contributed by atoms with Gasteiger partial charge in [-0.05, 0) is 55.9 Å². The van der Waals surface area contributed by atoms with Crippen LogP contribution in [0.1, 0.15) is 31.9 Å². The second-order valence-corrected chi connectivity index (χ2v) is 9.41. The zero-order chi connectivity index (χ0) is 23.5. The van der Waals surface area contributed by atoms with E-state index in [2.05, 4.69) is 43.4 Å². The molecule has 0 radical (unpaired) electrons. The Kier molecular flexibility index (Phi) is 6.89. The number of anilines is 1. The van der Waals surface area contributed by atoms with Crippen molar-refractivity contribution in [3.05, 3.63) is 42.4 Å². The van der Waals surface area contributed by atoms with Crippen LogP contribution in [0.5, 0.6) is 0 Å². The molecule has 34 heavy (non-hydrogen) atoms. The van der Waals surface area contributed by atoms with Crippen molar-refractivity contribution in [3.63, 3.8) is 0 Å². The Bertz CT molecular complexity index is 1150. The number of ether oxygens (including phenoxy) is 1. The van der Waals surface area contributed by atoms with Gasteiger partial charge in [-0.15, -0.1) is 0 Å². The van der Waals surface area contributed by atoms with E-state index in [-0.39, 0.29) is 11.9 Å². The van der Waals surface area contributed by atoms with Crippen LogP contribution in [0, 0.1) is 0 Å². The first-order valence-corrected chi connectivity index (χ1v) is 12.3. The fraction of sp³-hybridized carbons (Fsp3) is 0.500. The zero-order valence-corrected chi connectivity index (χ0v) is 20.2. The number of nitrogens with one attached hydrogen (secondary N) is 1. The summed E-state index contributed by atoms with van der Waals surface area (Å²) in [5.74, 6) is 0.537. The molecule has 8 nitrogen and oxygen atoms in total. The largest absolute Gasteiger partial charge is 0.379 e. The van der Waals surface area contributed by atoms with E-state index in [1.54, 1.807) is 0 Å². The number of nitrogens with zero attached hydrogens (tertiary/aromatic N) is 5. The molecule has 2 saturated heterocycles. The molecule has 1 amide bonds. The minimum atomic E-state index is -0.222. The molecule has 0 aliphatic carbocycles. The Labute approximate surface area is 200 Å². The monoisotopic (exact) mass is 462 g/mol. The predicted molar refractivity (Wildman–Crippen MR) is 134 cm³/mol. The fourth-order valence-electron chi connectivity index (χ4n) is 4.96. The molecule has 1 aromatic carbocycles. The molecule has 2 aromatic heterocycles. The fourth-order valence-corrected chi connectivity index (χ4v) is 4.96. The van der Waals surface area contributed by atoms with Gasteiger partial charge >= 0.3 is 0 Å². The molecule has 1 atom stereocenters. The first-order valence-electron chi connectivity index (χ1n) is 12.3. The molecule has 0 spiro atoms. The highest BCUT2D eigenvalue weighted by atomic mass is 16.5. The first kappa shape index (κ1) is 23.0. The zero-order valence-electron chi connectivity index (χ0n) is 20.2. The van der Waals surface area contributed by atoms with E-state index in [4.69, 9.17) is 4.74 Å². The summed E-state index contributed by atoms with van der Waals surface area (Å²) >= 11 is 0. The molecule has 1 N–H and O–H groups in total. The van der Waals surface area contributed by atoms with Crippen LogP contribution in [0.2, 0.25) is 0 Å². The molecule has 3 aromatic rings. The van der Waals surface area contributed by atoms with Crippen molar-refractivity contribution in [2.45, 2.75) is 38.8 Å². The summed E-state index contributed by atoms with van der Waals surface area (Å²) in [5.41, 5.74) is 3.54. The van der Waals surface area contributed by atoms with Crippen molar-refractivity contribution in [1.29, 1.82) is 0 Å². The Balaban J connectivity index is 1.36. The summed E-state index contributed by atoms with van der Waals surface area (Å²) in [6.45, 7) is 8.04. The normalized spacial score (nSPS) is 18.8. The topological polar surface area (TPSA) is 75.5 Å². The molecule has 5 rings (SSSR count). The highest BCUT2D eigenvalue weighted by molar-refractivity contribution is 5.96. The van der Waals surface area contributed by atoms with E-state index < -0.39 is 0 Å². The van der Waals surface area contributed by atoms with Gasteiger partial charge in [0.15, 0.2) is 0 Å². The van der Waals surface area contributed by atoms with E-state index in [1.807, 2.05) is 37.1 Å². The summed E-state index contributed by atoms with van der Waals surface area (Å²) in [4.78, 5) is 22.0. The van der Waals surface area contributed by atoms with Crippen LogP contribution in [0.3, 0.4) is 0 Å². The van der Waals surface area contributed by atoms with E-state index in [1.165, 1.54) is 30.5 Å². The van der Waals surface area contributed by atoms with Crippen LogP contribution in [-0.4, -0.2) is 75.9 Å². The number of fused-ring (bicyclic) bond motifs is 1. The molecule has 0 unspecified atom stereocenters. The summed E-state index contributed by atoms with van der Waals surface area (Å²) in [6, 6.07) is 8.15. The number of aryl methyl sites for hydroxylation is 1. The SMILES string of the molecule is C[C@@H](C(=O)Nc1cc2cc(-c3cnn(C)c3CN3CCCCC3)ccc2cn1)N1CCOCC1. The number of carbonyl (C=O) groups excluding carboxylic acids is 1. The smallest absolute Gasteiger partial charge is 0.242 e. The maximum Gasteiger partial charge on any atom is 0.242 e. The summed E-state index contributed by atoms with van der Waals surface area (Å²) in [7, 11) is 2.02. The Morgan fingerprint density at radius 1 is 1.06 bits per heavy atom. The number of pyridine rings is 1. The lowest BCUT2D eigenvalue weighted by molar-refractivity contribution is -0.122. The number of likely N-dealkylation sites (tertiary alicyclic amines) is 1. The van der Waals surface area contributed by atoms with Crippen molar-refractivity contribution in [3.8, 4) is 11.1 Å². The molecule has 2 aliphatic heterocycles. The van der Waals surface area contributed by atoms with Gasteiger partial charge in [0.05, 0.1) is 31.1 Å². The first-order chi connectivity index (χ1) is 16.6. The van der Waals surface area contributed by atoms with Crippen molar-refractivity contribution in [2.24, 2.45) is 7.05 Å². The Morgan fingerprint density at radius 2 is 1.85 bits per heavy atom.